The van der Waals surface area contributed by atoms with E-state index in [9.17, 15) is 22.8 Å². The van der Waals surface area contributed by atoms with Crippen LogP contribution in [0.2, 0.25) is 0 Å². The van der Waals surface area contributed by atoms with Crippen molar-refractivity contribution in [1.82, 2.24) is 10.3 Å². The maximum Gasteiger partial charge on any atom is 0.416 e. The van der Waals surface area contributed by atoms with Gasteiger partial charge in [0, 0.05) is 23.4 Å². The number of fused-ring (bicyclic) bond motifs is 1. The maximum atomic E-state index is 12.6. The van der Waals surface area contributed by atoms with Gasteiger partial charge in [-0.05, 0) is 68.0 Å². The zero-order chi connectivity index (χ0) is 18.9. The quantitative estimate of drug-likeness (QED) is 0.876. The topological polar surface area (TPSA) is 62.0 Å². The maximum absolute atomic E-state index is 12.6. The molecule has 1 aromatic heterocycles. The van der Waals surface area contributed by atoms with Crippen LogP contribution in [-0.4, -0.2) is 10.9 Å². The van der Waals surface area contributed by atoms with Crippen molar-refractivity contribution in [2.75, 3.05) is 0 Å². The Morgan fingerprint density at radius 1 is 1.12 bits per heavy atom. The van der Waals surface area contributed by atoms with Crippen LogP contribution in [0.1, 0.15) is 51.1 Å². The van der Waals surface area contributed by atoms with Gasteiger partial charge in [0.2, 0.25) is 0 Å². The van der Waals surface area contributed by atoms with Crippen molar-refractivity contribution >= 4 is 5.91 Å². The summed E-state index contributed by atoms with van der Waals surface area (Å²) in [6, 6.07) is 4.00. The fraction of sp³-hybridized carbons (Fsp3) is 0.368. The smallest absolute Gasteiger partial charge is 0.348 e. The summed E-state index contributed by atoms with van der Waals surface area (Å²) in [4.78, 5) is 27.3. The number of benzene rings is 1. The average Bonchev–Trinajstić information content (AvgIpc) is 2.60. The third-order valence-electron chi connectivity index (χ3n) is 4.76. The van der Waals surface area contributed by atoms with Crippen molar-refractivity contribution in [1.29, 1.82) is 0 Å². The number of halogens is 3. The number of hydrogen-bond acceptors (Lipinski definition) is 2. The van der Waals surface area contributed by atoms with E-state index in [4.69, 9.17) is 0 Å². The lowest BCUT2D eigenvalue weighted by molar-refractivity contribution is -0.137. The molecule has 0 radical (unpaired) electrons. The Kier molecular flexibility index (Phi) is 4.89. The zero-order valence-corrected chi connectivity index (χ0v) is 14.3. The summed E-state index contributed by atoms with van der Waals surface area (Å²) in [6.45, 7) is 1.92. The Hall–Kier alpha value is -2.57. The minimum atomic E-state index is -4.44. The molecule has 1 amide bonds. The summed E-state index contributed by atoms with van der Waals surface area (Å²) in [6.07, 6.45) is -0.681. The van der Waals surface area contributed by atoms with Gasteiger partial charge in [0.15, 0.2) is 0 Å². The Labute approximate surface area is 148 Å². The van der Waals surface area contributed by atoms with Gasteiger partial charge in [0.25, 0.3) is 11.5 Å². The summed E-state index contributed by atoms with van der Waals surface area (Å²) < 4.78 is 37.8. The van der Waals surface area contributed by atoms with Gasteiger partial charge in [-0.3, -0.25) is 9.59 Å². The van der Waals surface area contributed by atoms with Crippen LogP contribution in [-0.2, 0) is 25.6 Å². The number of carbonyl (C=O) groups excluding carboxylic acids is 1. The van der Waals surface area contributed by atoms with Crippen LogP contribution in [0.4, 0.5) is 13.2 Å². The molecule has 1 aromatic carbocycles. The first-order valence-corrected chi connectivity index (χ1v) is 8.46. The molecule has 2 aromatic rings. The fourth-order valence-electron chi connectivity index (χ4n) is 3.38. The Morgan fingerprint density at radius 2 is 1.73 bits per heavy atom. The standard InChI is InChI=1S/C19H19F3N2O2/c1-11-14-4-2-3-5-15(14)16(18(26)24-11)10-23-17(25)12-6-8-13(9-7-12)19(20,21)22/h6-9H,2-5,10H2,1H3,(H,23,25)(H,24,26). The lowest BCUT2D eigenvalue weighted by atomic mass is 9.88. The van der Waals surface area contributed by atoms with Crippen molar-refractivity contribution in [3.63, 3.8) is 0 Å². The number of pyridine rings is 1. The van der Waals surface area contributed by atoms with E-state index >= 15 is 0 Å². The number of nitrogens with one attached hydrogen (secondary N) is 2. The second kappa shape index (κ2) is 6.97. The van der Waals surface area contributed by atoms with Crippen LogP contribution in [0.5, 0.6) is 0 Å². The highest BCUT2D eigenvalue weighted by molar-refractivity contribution is 5.94. The first-order chi connectivity index (χ1) is 12.3. The molecule has 138 valence electrons. The molecule has 1 aliphatic carbocycles. The molecular weight excluding hydrogens is 345 g/mol. The summed E-state index contributed by atoms with van der Waals surface area (Å²) >= 11 is 0. The van der Waals surface area contributed by atoms with Gasteiger partial charge in [0.05, 0.1) is 5.56 Å². The van der Waals surface area contributed by atoms with Gasteiger partial charge in [-0.1, -0.05) is 0 Å². The van der Waals surface area contributed by atoms with Gasteiger partial charge >= 0.3 is 6.18 Å². The van der Waals surface area contributed by atoms with Crippen molar-refractivity contribution in [3.05, 3.63) is 68.1 Å². The molecule has 26 heavy (non-hydrogen) atoms. The minimum Gasteiger partial charge on any atom is -0.348 e. The van der Waals surface area contributed by atoms with Crippen molar-refractivity contribution in [2.45, 2.75) is 45.3 Å². The minimum absolute atomic E-state index is 0.0534. The zero-order valence-electron chi connectivity index (χ0n) is 14.3. The molecule has 0 spiro atoms. The van der Waals surface area contributed by atoms with Gasteiger partial charge in [-0.2, -0.15) is 13.2 Å². The van der Waals surface area contributed by atoms with E-state index in [1.807, 2.05) is 6.92 Å². The number of alkyl halides is 3. The molecule has 0 fully saturated rings. The van der Waals surface area contributed by atoms with Gasteiger partial charge in [-0.25, -0.2) is 0 Å². The fourth-order valence-corrected chi connectivity index (χ4v) is 3.38. The van der Waals surface area contributed by atoms with Crippen molar-refractivity contribution < 1.29 is 18.0 Å². The van der Waals surface area contributed by atoms with E-state index in [2.05, 4.69) is 10.3 Å². The van der Waals surface area contributed by atoms with Crippen molar-refractivity contribution in [3.8, 4) is 0 Å². The largest absolute Gasteiger partial charge is 0.416 e. The lowest BCUT2D eigenvalue weighted by Gasteiger charge is -2.21. The lowest BCUT2D eigenvalue weighted by Crippen LogP contribution is -2.30. The molecule has 2 N–H and O–H groups in total. The Bertz CT molecular complexity index is 883. The molecule has 0 aliphatic heterocycles. The molecule has 0 saturated heterocycles. The third kappa shape index (κ3) is 3.66. The second-order valence-corrected chi connectivity index (χ2v) is 6.48. The van der Waals surface area contributed by atoms with Crippen LogP contribution in [0.25, 0.3) is 0 Å². The number of amides is 1. The highest BCUT2D eigenvalue weighted by atomic mass is 19.4. The second-order valence-electron chi connectivity index (χ2n) is 6.48. The van der Waals surface area contributed by atoms with Crippen LogP contribution in [0.15, 0.2) is 29.1 Å². The summed E-state index contributed by atoms with van der Waals surface area (Å²) in [7, 11) is 0. The first kappa shape index (κ1) is 18.2. The summed E-state index contributed by atoms with van der Waals surface area (Å²) in [5.74, 6) is -0.511. The van der Waals surface area contributed by atoms with Gasteiger partial charge in [0.1, 0.15) is 0 Å². The predicted molar refractivity (Wildman–Crippen MR) is 91.1 cm³/mol. The molecule has 0 atom stereocenters. The molecule has 1 heterocycles. The van der Waals surface area contributed by atoms with Crippen LogP contribution < -0.4 is 10.9 Å². The number of H-pyrrole nitrogens is 1. The molecule has 7 heteroatoms. The highest BCUT2D eigenvalue weighted by Gasteiger charge is 2.30. The van der Waals surface area contributed by atoms with E-state index in [0.29, 0.717) is 5.56 Å². The average molecular weight is 364 g/mol. The van der Waals surface area contributed by atoms with Gasteiger partial charge < -0.3 is 10.3 Å². The number of aromatic nitrogens is 1. The van der Waals surface area contributed by atoms with Gasteiger partial charge in [-0.15, -0.1) is 0 Å². The molecular formula is C19H19F3N2O2. The Balaban J connectivity index is 1.77. The van der Waals surface area contributed by atoms with Crippen molar-refractivity contribution in [2.24, 2.45) is 0 Å². The number of aromatic amines is 1. The summed E-state index contributed by atoms with van der Waals surface area (Å²) in [5, 5.41) is 2.64. The molecule has 0 bridgehead atoms. The molecule has 1 aliphatic rings. The molecule has 0 unspecified atom stereocenters. The SMILES string of the molecule is Cc1[nH]c(=O)c(CNC(=O)c2ccc(C(F)(F)F)cc2)c2c1CCCC2. The molecule has 3 rings (SSSR count). The van der Waals surface area contributed by atoms with E-state index in [1.54, 1.807) is 0 Å². The number of aryl methyl sites for hydroxylation is 1. The number of hydrogen-bond donors (Lipinski definition) is 2. The van der Waals surface area contributed by atoms with E-state index in [-0.39, 0.29) is 17.7 Å². The Morgan fingerprint density at radius 3 is 2.35 bits per heavy atom. The van der Waals surface area contributed by atoms with Crippen LogP contribution in [0, 0.1) is 6.92 Å². The monoisotopic (exact) mass is 364 g/mol. The van der Waals surface area contributed by atoms with Crippen LogP contribution >= 0.6 is 0 Å². The van der Waals surface area contributed by atoms with E-state index in [1.165, 1.54) is 0 Å². The number of rotatable bonds is 3. The predicted octanol–water partition coefficient (Wildman–Crippen LogP) is 3.51. The molecule has 0 saturated carbocycles. The van der Waals surface area contributed by atoms with Crippen LogP contribution in [0.3, 0.4) is 0 Å². The van der Waals surface area contributed by atoms with E-state index in [0.717, 1.165) is 66.8 Å². The normalized spacial score (nSPS) is 14.0. The highest BCUT2D eigenvalue weighted by Crippen LogP contribution is 2.29. The van der Waals surface area contributed by atoms with E-state index < -0.39 is 17.6 Å². The third-order valence-corrected chi connectivity index (χ3v) is 4.76. The molecule has 4 nitrogen and oxygen atoms in total. The first-order valence-electron chi connectivity index (χ1n) is 8.46. The number of carbonyl (C=O) groups is 1. The summed E-state index contributed by atoms with van der Waals surface area (Å²) in [5.41, 5.74) is 2.61.